The molecule has 1 N–H and O–H groups in total. The standard InChI is InChI=1S/C25H29ClN6O3/c1-16-21(26)29-22(24(33)31-25(2,3)17-7-11-27-12-8-17)30-23(16)32-13-9-18(10-14-32)35-19-5-6-20(34-4)28-15-19/h5-8,11-12,15,18H,9-10,13-14H2,1-4H3,(H,31,33). The molecule has 1 fully saturated rings. The van der Waals surface area contributed by atoms with Gasteiger partial charge in [-0.2, -0.15) is 0 Å². The van der Waals surface area contributed by atoms with Crippen molar-refractivity contribution in [3.63, 3.8) is 0 Å². The number of methoxy groups -OCH3 is 1. The van der Waals surface area contributed by atoms with E-state index in [9.17, 15) is 4.79 Å². The number of aromatic nitrogens is 4. The number of carbonyl (C=O) groups excluding carboxylic acids is 1. The average Bonchev–Trinajstić information content (AvgIpc) is 2.87. The second-order valence-electron chi connectivity index (χ2n) is 8.94. The van der Waals surface area contributed by atoms with Crippen LogP contribution in [0.15, 0.2) is 42.9 Å². The maximum atomic E-state index is 13.1. The highest BCUT2D eigenvalue weighted by Crippen LogP contribution is 2.28. The molecule has 1 amide bonds. The first-order chi connectivity index (χ1) is 16.8. The van der Waals surface area contributed by atoms with Crippen LogP contribution in [0, 0.1) is 6.92 Å². The van der Waals surface area contributed by atoms with Crippen molar-refractivity contribution < 1.29 is 14.3 Å². The fourth-order valence-electron chi connectivity index (χ4n) is 4.00. The summed E-state index contributed by atoms with van der Waals surface area (Å²) >= 11 is 6.42. The number of hydrogen-bond acceptors (Lipinski definition) is 8. The van der Waals surface area contributed by atoms with E-state index in [-0.39, 0.29) is 23.0 Å². The normalized spacial score (nSPS) is 14.5. The van der Waals surface area contributed by atoms with Crippen LogP contribution in [0.25, 0.3) is 0 Å². The van der Waals surface area contributed by atoms with Gasteiger partial charge in [-0.3, -0.25) is 9.78 Å². The summed E-state index contributed by atoms with van der Waals surface area (Å²) in [7, 11) is 1.58. The van der Waals surface area contributed by atoms with Gasteiger partial charge in [-0.05, 0) is 44.5 Å². The van der Waals surface area contributed by atoms with Gasteiger partial charge in [0.1, 0.15) is 22.8 Å². The fraction of sp³-hybridized carbons (Fsp3) is 0.400. The Hall–Kier alpha value is -3.46. The molecule has 0 aromatic carbocycles. The largest absolute Gasteiger partial charge is 0.489 e. The third-order valence-electron chi connectivity index (χ3n) is 6.05. The Balaban J connectivity index is 1.44. The van der Waals surface area contributed by atoms with Crippen LogP contribution in [0.3, 0.4) is 0 Å². The van der Waals surface area contributed by atoms with Crippen LogP contribution in [-0.4, -0.2) is 52.1 Å². The van der Waals surface area contributed by atoms with Crippen molar-refractivity contribution in [2.24, 2.45) is 0 Å². The predicted molar refractivity (Wildman–Crippen MR) is 133 cm³/mol. The molecule has 3 aromatic rings. The molecule has 0 bridgehead atoms. The number of amides is 1. The molecule has 0 radical (unpaired) electrons. The van der Waals surface area contributed by atoms with Gasteiger partial charge in [-0.15, -0.1) is 0 Å². The first-order valence-electron chi connectivity index (χ1n) is 11.5. The Kier molecular flexibility index (Phi) is 7.35. The first-order valence-corrected chi connectivity index (χ1v) is 11.8. The molecule has 184 valence electrons. The Morgan fingerprint density at radius 1 is 1.14 bits per heavy atom. The van der Waals surface area contributed by atoms with Crippen LogP contribution in [0.4, 0.5) is 5.82 Å². The summed E-state index contributed by atoms with van der Waals surface area (Å²) < 4.78 is 11.2. The molecular weight excluding hydrogens is 468 g/mol. The number of pyridine rings is 2. The number of rotatable bonds is 7. The molecule has 0 atom stereocenters. The number of hydrogen-bond donors (Lipinski definition) is 1. The van der Waals surface area contributed by atoms with Crippen molar-refractivity contribution in [1.29, 1.82) is 0 Å². The molecule has 0 saturated carbocycles. The number of ether oxygens (including phenoxy) is 2. The highest BCUT2D eigenvalue weighted by atomic mass is 35.5. The quantitative estimate of drug-likeness (QED) is 0.490. The third kappa shape index (κ3) is 5.79. The highest BCUT2D eigenvalue weighted by molar-refractivity contribution is 6.30. The van der Waals surface area contributed by atoms with Crippen LogP contribution in [-0.2, 0) is 5.54 Å². The highest BCUT2D eigenvalue weighted by Gasteiger charge is 2.28. The van der Waals surface area contributed by atoms with E-state index < -0.39 is 5.54 Å². The lowest BCUT2D eigenvalue weighted by atomic mass is 9.95. The molecule has 0 unspecified atom stereocenters. The maximum Gasteiger partial charge on any atom is 0.289 e. The molecule has 3 aromatic heterocycles. The molecule has 1 aliphatic rings. The van der Waals surface area contributed by atoms with Crippen molar-refractivity contribution in [2.45, 2.75) is 45.3 Å². The van der Waals surface area contributed by atoms with Crippen LogP contribution >= 0.6 is 11.6 Å². The van der Waals surface area contributed by atoms with Gasteiger partial charge in [0.25, 0.3) is 5.91 Å². The molecule has 1 saturated heterocycles. The Bertz CT molecular complexity index is 1170. The van der Waals surface area contributed by atoms with Gasteiger partial charge < -0.3 is 19.7 Å². The minimum atomic E-state index is -0.632. The Morgan fingerprint density at radius 2 is 1.86 bits per heavy atom. The molecule has 4 rings (SSSR count). The van der Waals surface area contributed by atoms with E-state index in [4.69, 9.17) is 21.1 Å². The zero-order valence-corrected chi connectivity index (χ0v) is 21.0. The van der Waals surface area contributed by atoms with E-state index in [1.807, 2.05) is 39.0 Å². The molecule has 1 aliphatic heterocycles. The smallest absolute Gasteiger partial charge is 0.289 e. The van der Waals surface area contributed by atoms with Crippen LogP contribution in [0.5, 0.6) is 11.6 Å². The van der Waals surface area contributed by atoms with Crippen LogP contribution < -0.4 is 19.7 Å². The Labute approximate surface area is 209 Å². The molecule has 9 nitrogen and oxygen atoms in total. The molecule has 10 heteroatoms. The molecular formula is C25H29ClN6O3. The summed E-state index contributed by atoms with van der Waals surface area (Å²) in [5.74, 6) is 1.58. The zero-order chi connectivity index (χ0) is 25.0. The van der Waals surface area contributed by atoms with Crippen LogP contribution in [0.1, 0.15) is 48.4 Å². The minimum Gasteiger partial charge on any atom is -0.489 e. The van der Waals surface area contributed by atoms with E-state index in [1.54, 1.807) is 31.8 Å². The minimum absolute atomic E-state index is 0.0420. The summed E-state index contributed by atoms with van der Waals surface area (Å²) in [5, 5.41) is 3.27. The number of carbonyl (C=O) groups is 1. The second-order valence-corrected chi connectivity index (χ2v) is 9.30. The van der Waals surface area contributed by atoms with E-state index in [0.29, 0.717) is 30.5 Å². The van der Waals surface area contributed by atoms with E-state index in [0.717, 1.165) is 24.0 Å². The fourth-order valence-corrected chi connectivity index (χ4v) is 4.17. The number of piperidine rings is 1. The van der Waals surface area contributed by atoms with Gasteiger partial charge in [0.05, 0.1) is 18.8 Å². The lowest BCUT2D eigenvalue weighted by Gasteiger charge is -2.34. The summed E-state index contributed by atoms with van der Waals surface area (Å²) in [5.41, 5.74) is 1.04. The number of anilines is 1. The third-order valence-corrected chi connectivity index (χ3v) is 6.42. The van der Waals surface area contributed by atoms with Gasteiger partial charge in [0.15, 0.2) is 0 Å². The molecule has 35 heavy (non-hydrogen) atoms. The summed E-state index contributed by atoms with van der Waals surface area (Å²) in [6.45, 7) is 7.13. The number of halogens is 1. The number of nitrogens with zero attached hydrogens (tertiary/aromatic N) is 5. The number of nitrogens with one attached hydrogen (secondary N) is 1. The summed E-state index contributed by atoms with van der Waals surface area (Å²) in [6, 6.07) is 7.36. The molecule has 0 aliphatic carbocycles. The summed E-state index contributed by atoms with van der Waals surface area (Å²) in [4.78, 5) is 32.3. The Morgan fingerprint density at radius 3 is 2.49 bits per heavy atom. The zero-order valence-electron chi connectivity index (χ0n) is 20.3. The van der Waals surface area contributed by atoms with Gasteiger partial charge in [0.2, 0.25) is 11.7 Å². The van der Waals surface area contributed by atoms with E-state index in [2.05, 4.69) is 30.2 Å². The lowest BCUT2D eigenvalue weighted by molar-refractivity contribution is 0.0901. The van der Waals surface area contributed by atoms with Crippen molar-refractivity contribution >= 4 is 23.3 Å². The van der Waals surface area contributed by atoms with E-state index in [1.165, 1.54) is 0 Å². The monoisotopic (exact) mass is 496 g/mol. The van der Waals surface area contributed by atoms with Gasteiger partial charge >= 0.3 is 0 Å². The van der Waals surface area contributed by atoms with Crippen molar-refractivity contribution in [1.82, 2.24) is 25.3 Å². The van der Waals surface area contributed by atoms with Crippen LogP contribution in [0.2, 0.25) is 5.15 Å². The average molecular weight is 497 g/mol. The van der Waals surface area contributed by atoms with Gasteiger partial charge in [0, 0.05) is 50.0 Å². The van der Waals surface area contributed by atoms with Crippen molar-refractivity contribution in [3.8, 4) is 11.6 Å². The first kappa shape index (κ1) is 24.7. The maximum absolute atomic E-state index is 13.1. The molecule has 0 spiro atoms. The van der Waals surface area contributed by atoms with Crippen molar-refractivity contribution in [2.75, 3.05) is 25.1 Å². The van der Waals surface area contributed by atoms with E-state index >= 15 is 0 Å². The van der Waals surface area contributed by atoms with Crippen molar-refractivity contribution in [3.05, 3.63) is 65.0 Å². The summed E-state index contributed by atoms with van der Waals surface area (Å²) in [6.07, 6.45) is 6.70. The predicted octanol–water partition coefficient (Wildman–Crippen LogP) is 3.95. The topological polar surface area (TPSA) is 102 Å². The SMILES string of the molecule is COc1ccc(OC2CCN(c3nc(C(=O)NC(C)(C)c4ccncc4)nc(Cl)c3C)CC2)cn1. The second kappa shape index (κ2) is 10.4. The molecule has 4 heterocycles. The van der Waals surface area contributed by atoms with Gasteiger partial charge in [-0.25, -0.2) is 15.0 Å². The lowest BCUT2D eigenvalue weighted by Crippen LogP contribution is -2.42. The van der Waals surface area contributed by atoms with Gasteiger partial charge in [-0.1, -0.05) is 11.6 Å².